The van der Waals surface area contributed by atoms with E-state index in [0.29, 0.717) is 23.8 Å². The maximum Gasteiger partial charge on any atom is 0.223 e. The molecule has 0 fully saturated rings. The molecule has 0 atom stereocenters. The number of nitrogens with zero attached hydrogens (tertiary/aromatic N) is 3. The molecule has 6 nitrogen and oxygen atoms in total. The summed E-state index contributed by atoms with van der Waals surface area (Å²) in [5.41, 5.74) is 2.40. The van der Waals surface area contributed by atoms with Crippen LogP contribution >= 0.6 is 0 Å². The van der Waals surface area contributed by atoms with Gasteiger partial charge in [-0.1, -0.05) is 5.16 Å². The van der Waals surface area contributed by atoms with E-state index in [4.69, 9.17) is 9.78 Å². The van der Waals surface area contributed by atoms with Crippen LogP contribution in [0.25, 0.3) is 0 Å². The second kappa shape index (κ2) is 5.87. The van der Waals surface area contributed by atoms with Crippen LogP contribution in [0.1, 0.15) is 24.2 Å². The zero-order valence-electron chi connectivity index (χ0n) is 10.9. The standard InChI is InChI=1S/C13H15N5O/c1-3-15-11-5-4-10(7-14)6-12(11)16-8-13-17-9(2)19-18-13/h4-6,15-16H,3,8H2,1-2H3. The van der Waals surface area contributed by atoms with Crippen LogP contribution in [0, 0.1) is 18.3 Å². The van der Waals surface area contributed by atoms with Crippen LogP contribution in [0.3, 0.4) is 0 Å². The first-order chi connectivity index (χ1) is 9.22. The molecule has 6 heteroatoms. The fourth-order valence-electron chi connectivity index (χ4n) is 1.69. The predicted octanol–water partition coefficient (Wildman–Crippen LogP) is 2.29. The van der Waals surface area contributed by atoms with Crippen molar-refractivity contribution in [3.63, 3.8) is 0 Å². The smallest absolute Gasteiger partial charge is 0.223 e. The van der Waals surface area contributed by atoms with Crippen molar-refractivity contribution in [1.82, 2.24) is 10.1 Å². The lowest BCUT2D eigenvalue weighted by Gasteiger charge is -2.12. The maximum atomic E-state index is 8.93. The average Bonchev–Trinajstić information content (AvgIpc) is 2.83. The minimum absolute atomic E-state index is 0.449. The van der Waals surface area contributed by atoms with Crippen LogP contribution in [-0.2, 0) is 6.54 Å². The van der Waals surface area contributed by atoms with Crippen molar-refractivity contribution in [2.24, 2.45) is 0 Å². The zero-order chi connectivity index (χ0) is 13.7. The molecule has 0 radical (unpaired) electrons. The van der Waals surface area contributed by atoms with E-state index < -0.39 is 0 Å². The molecule has 1 aromatic heterocycles. The largest absolute Gasteiger partial charge is 0.384 e. The second-order valence-corrected chi connectivity index (χ2v) is 3.99. The number of benzene rings is 1. The molecule has 0 bridgehead atoms. The number of hydrogen-bond acceptors (Lipinski definition) is 6. The van der Waals surface area contributed by atoms with Gasteiger partial charge in [-0.2, -0.15) is 10.2 Å². The number of nitriles is 1. The summed E-state index contributed by atoms with van der Waals surface area (Å²) in [6, 6.07) is 7.58. The summed E-state index contributed by atoms with van der Waals surface area (Å²) in [7, 11) is 0. The van der Waals surface area contributed by atoms with E-state index in [1.165, 1.54) is 0 Å². The van der Waals surface area contributed by atoms with E-state index in [2.05, 4.69) is 26.8 Å². The monoisotopic (exact) mass is 257 g/mol. The molecule has 1 heterocycles. The van der Waals surface area contributed by atoms with Gasteiger partial charge in [0.15, 0.2) is 5.82 Å². The van der Waals surface area contributed by atoms with Gasteiger partial charge in [0.05, 0.1) is 29.6 Å². The molecule has 0 spiro atoms. The lowest BCUT2D eigenvalue weighted by Crippen LogP contribution is -2.06. The fourth-order valence-corrected chi connectivity index (χ4v) is 1.69. The molecule has 0 aliphatic carbocycles. The molecular formula is C13H15N5O. The number of aryl methyl sites for hydroxylation is 1. The van der Waals surface area contributed by atoms with Gasteiger partial charge in [0.1, 0.15) is 0 Å². The molecule has 98 valence electrons. The van der Waals surface area contributed by atoms with Crippen molar-refractivity contribution in [1.29, 1.82) is 5.26 Å². The van der Waals surface area contributed by atoms with Crippen molar-refractivity contribution in [2.45, 2.75) is 20.4 Å². The molecule has 1 aromatic carbocycles. The van der Waals surface area contributed by atoms with Crippen molar-refractivity contribution >= 4 is 11.4 Å². The third-order valence-electron chi connectivity index (χ3n) is 2.52. The summed E-state index contributed by atoms with van der Waals surface area (Å²) in [5, 5.41) is 19.2. The Labute approximate surface area is 111 Å². The lowest BCUT2D eigenvalue weighted by atomic mass is 10.2. The van der Waals surface area contributed by atoms with Crippen LogP contribution in [0.15, 0.2) is 22.7 Å². The van der Waals surface area contributed by atoms with E-state index >= 15 is 0 Å². The molecule has 2 N–H and O–H groups in total. The molecule has 0 saturated carbocycles. The van der Waals surface area contributed by atoms with Crippen molar-refractivity contribution in [2.75, 3.05) is 17.2 Å². The number of anilines is 2. The molecule has 0 aliphatic rings. The van der Waals surface area contributed by atoms with Gasteiger partial charge in [-0.15, -0.1) is 0 Å². The van der Waals surface area contributed by atoms with Crippen LogP contribution in [0.2, 0.25) is 0 Å². The normalized spacial score (nSPS) is 9.95. The first kappa shape index (κ1) is 12.9. The van der Waals surface area contributed by atoms with Gasteiger partial charge in [0, 0.05) is 13.5 Å². The molecule has 0 amide bonds. The Morgan fingerprint density at radius 3 is 2.79 bits per heavy atom. The third-order valence-corrected chi connectivity index (χ3v) is 2.52. The molecular weight excluding hydrogens is 242 g/mol. The quantitative estimate of drug-likeness (QED) is 0.854. The Morgan fingerprint density at radius 1 is 1.32 bits per heavy atom. The SMILES string of the molecule is CCNc1ccc(C#N)cc1NCc1noc(C)n1. The van der Waals surface area contributed by atoms with E-state index in [1.807, 2.05) is 13.0 Å². The maximum absolute atomic E-state index is 8.93. The summed E-state index contributed by atoms with van der Waals surface area (Å²) >= 11 is 0. The fraction of sp³-hybridized carbons (Fsp3) is 0.308. The minimum Gasteiger partial charge on any atom is -0.384 e. The molecule has 0 aliphatic heterocycles. The first-order valence-corrected chi connectivity index (χ1v) is 6.04. The summed E-state index contributed by atoms with van der Waals surface area (Å²) in [6.45, 7) is 5.02. The summed E-state index contributed by atoms with van der Waals surface area (Å²) < 4.78 is 4.91. The Kier molecular flexibility index (Phi) is 3.98. The van der Waals surface area contributed by atoms with Gasteiger partial charge in [0.2, 0.25) is 5.89 Å². The zero-order valence-corrected chi connectivity index (χ0v) is 10.9. The topological polar surface area (TPSA) is 86.8 Å². The van der Waals surface area contributed by atoms with E-state index in [9.17, 15) is 0 Å². The highest BCUT2D eigenvalue weighted by atomic mass is 16.5. The van der Waals surface area contributed by atoms with Gasteiger partial charge < -0.3 is 15.2 Å². The van der Waals surface area contributed by atoms with Crippen molar-refractivity contribution < 1.29 is 4.52 Å². The van der Waals surface area contributed by atoms with E-state index in [-0.39, 0.29) is 0 Å². The third kappa shape index (κ3) is 3.22. The van der Waals surface area contributed by atoms with Gasteiger partial charge in [-0.05, 0) is 25.1 Å². The predicted molar refractivity (Wildman–Crippen MR) is 71.7 cm³/mol. The molecule has 2 rings (SSSR count). The van der Waals surface area contributed by atoms with E-state index in [1.54, 1.807) is 19.1 Å². The van der Waals surface area contributed by atoms with Crippen LogP contribution in [0.5, 0.6) is 0 Å². The Balaban J connectivity index is 2.15. The first-order valence-electron chi connectivity index (χ1n) is 6.04. The van der Waals surface area contributed by atoms with Gasteiger partial charge >= 0.3 is 0 Å². The molecule has 0 unspecified atom stereocenters. The Morgan fingerprint density at radius 2 is 2.16 bits per heavy atom. The molecule has 19 heavy (non-hydrogen) atoms. The molecule has 0 saturated heterocycles. The highest BCUT2D eigenvalue weighted by Crippen LogP contribution is 2.23. The highest BCUT2D eigenvalue weighted by Gasteiger charge is 2.06. The van der Waals surface area contributed by atoms with E-state index in [0.717, 1.165) is 17.9 Å². The van der Waals surface area contributed by atoms with Crippen LogP contribution < -0.4 is 10.6 Å². The van der Waals surface area contributed by atoms with Crippen molar-refractivity contribution in [3.8, 4) is 6.07 Å². The van der Waals surface area contributed by atoms with Gasteiger partial charge in [-0.25, -0.2) is 0 Å². The van der Waals surface area contributed by atoms with Crippen molar-refractivity contribution in [3.05, 3.63) is 35.5 Å². The number of hydrogen-bond donors (Lipinski definition) is 2. The Bertz CT molecular complexity index is 599. The number of rotatable bonds is 5. The minimum atomic E-state index is 0.449. The summed E-state index contributed by atoms with van der Waals surface area (Å²) in [5.74, 6) is 1.12. The number of aromatic nitrogens is 2. The number of nitrogens with one attached hydrogen (secondary N) is 2. The average molecular weight is 257 g/mol. The lowest BCUT2D eigenvalue weighted by molar-refractivity contribution is 0.388. The van der Waals surface area contributed by atoms with Crippen LogP contribution in [0.4, 0.5) is 11.4 Å². The highest BCUT2D eigenvalue weighted by molar-refractivity contribution is 5.70. The molecule has 2 aromatic rings. The summed E-state index contributed by atoms with van der Waals surface area (Å²) in [4.78, 5) is 4.12. The van der Waals surface area contributed by atoms with Crippen LogP contribution in [-0.4, -0.2) is 16.7 Å². The second-order valence-electron chi connectivity index (χ2n) is 3.99. The van der Waals surface area contributed by atoms with Gasteiger partial charge in [-0.3, -0.25) is 0 Å². The Hall–Kier alpha value is -2.55. The summed E-state index contributed by atoms with van der Waals surface area (Å²) in [6.07, 6.45) is 0. The van der Waals surface area contributed by atoms with Gasteiger partial charge in [0.25, 0.3) is 0 Å².